The van der Waals surface area contributed by atoms with Crippen LogP contribution in [0.2, 0.25) is 10.0 Å². The third-order valence-electron chi connectivity index (χ3n) is 3.63. The lowest BCUT2D eigenvalue weighted by atomic mass is 10.1. The van der Waals surface area contributed by atoms with Crippen LogP contribution in [0.5, 0.6) is 0 Å². The maximum Gasteiger partial charge on any atom is 0.237 e. The van der Waals surface area contributed by atoms with Gasteiger partial charge in [-0.2, -0.15) is 0 Å². The highest BCUT2D eigenvalue weighted by molar-refractivity contribution is 8.00. The summed E-state index contributed by atoms with van der Waals surface area (Å²) >= 11 is 13.3. The van der Waals surface area contributed by atoms with Gasteiger partial charge in [0.15, 0.2) is 5.82 Å². The average molecular weight is 407 g/mol. The van der Waals surface area contributed by atoms with Crippen molar-refractivity contribution in [3.8, 4) is 11.4 Å². The number of carbonyl (C=O) groups is 1. The topological polar surface area (TPSA) is 70.7 Å². The second kappa shape index (κ2) is 8.12. The van der Waals surface area contributed by atoms with Gasteiger partial charge in [0.2, 0.25) is 11.1 Å². The zero-order valence-corrected chi connectivity index (χ0v) is 16.4. The van der Waals surface area contributed by atoms with E-state index in [0.29, 0.717) is 26.7 Å². The smallest absolute Gasteiger partial charge is 0.237 e. The van der Waals surface area contributed by atoms with Crippen molar-refractivity contribution in [1.82, 2.24) is 15.2 Å². The van der Waals surface area contributed by atoms with E-state index in [-0.39, 0.29) is 5.91 Å². The third kappa shape index (κ3) is 4.58. The molecule has 1 amide bonds. The molecule has 0 saturated heterocycles. The van der Waals surface area contributed by atoms with Crippen LogP contribution in [0.4, 0.5) is 5.69 Å². The summed E-state index contributed by atoms with van der Waals surface area (Å²) < 4.78 is 0. The first kappa shape index (κ1) is 18.8. The van der Waals surface area contributed by atoms with Crippen LogP contribution in [-0.4, -0.2) is 26.3 Å². The van der Waals surface area contributed by atoms with Crippen LogP contribution in [0, 0.1) is 6.92 Å². The Morgan fingerprint density at radius 2 is 1.92 bits per heavy atom. The van der Waals surface area contributed by atoms with E-state index in [9.17, 15) is 4.79 Å². The van der Waals surface area contributed by atoms with Crippen molar-refractivity contribution in [3.05, 3.63) is 58.1 Å². The molecule has 0 unspecified atom stereocenters. The molecular weight excluding hydrogens is 391 g/mol. The van der Waals surface area contributed by atoms with Crippen LogP contribution in [0.25, 0.3) is 11.4 Å². The van der Waals surface area contributed by atoms with Crippen LogP contribution >= 0.6 is 35.0 Å². The number of rotatable bonds is 5. The summed E-state index contributed by atoms with van der Waals surface area (Å²) in [7, 11) is 0. The summed E-state index contributed by atoms with van der Waals surface area (Å²) in [5.41, 5.74) is 2.59. The maximum absolute atomic E-state index is 12.4. The Kier molecular flexibility index (Phi) is 5.86. The average Bonchev–Trinajstić information content (AvgIpc) is 3.07. The number of aromatic nitrogens is 3. The summed E-state index contributed by atoms with van der Waals surface area (Å²) in [6.45, 7) is 3.80. The SMILES string of the molecule is Cc1ccc(-c2nc(S[C@H](C)C(=O)Nc3cc(Cl)ccc3Cl)n[nH]2)cc1. The molecule has 2 aromatic carbocycles. The Morgan fingerprint density at radius 3 is 2.65 bits per heavy atom. The summed E-state index contributed by atoms with van der Waals surface area (Å²) in [4.78, 5) is 16.8. The zero-order valence-electron chi connectivity index (χ0n) is 14.1. The van der Waals surface area contributed by atoms with Crippen molar-refractivity contribution in [2.45, 2.75) is 24.3 Å². The van der Waals surface area contributed by atoms with Gasteiger partial charge in [0.25, 0.3) is 0 Å². The van der Waals surface area contributed by atoms with Crippen molar-refractivity contribution in [1.29, 1.82) is 0 Å². The molecule has 0 aliphatic rings. The Labute approximate surface area is 165 Å². The van der Waals surface area contributed by atoms with Crippen LogP contribution in [-0.2, 0) is 4.79 Å². The Morgan fingerprint density at radius 1 is 1.19 bits per heavy atom. The van der Waals surface area contributed by atoms with E-state index in [1.54, 1.807) is 25.1 Å². The number of nitrogens with zero attached hydrogens (tertiary/aromatic N) is 2. The molecule has 0 bridgehead atoms. The molecule has 8 heteroatoms. The quantitative estimate of drug-likeness (QED) is 0.570. The lowest BCUT2D eigenvalue weighted by molar-refractivity contribution is -0.115. The van der Waals surface area contributed by atoms with Gasteiger partial charge in [-0.05, 0) is 32.0 Å². The molecule has 1 aromatic heterocycles. The number of carbonyl (C=O) groups excluding carboxylic acids is 1. The standard InChI is InChI=1S/C18H16Cl2N4OS/c1-10-3-5-12(6-4-10)16-22-18(24-23-16)26-11(2)17(25)21-15-9-13(19)7-8-14(15)20/h3-9,11H,1-2H3,(H,21,25)(H,22,23,24)/t11-/m1/s1. The van der Waals surface area contributed by atoms with Crippen molar-refractivity contribution in [2.24, 2.45) is 0 Å². The highest BCUT2D eigenvalue weighted by Gasteiger charge is 2.18. The number of nitrogens with one attached hydrogen (secondary N) is 2. The van der Waals surface area contributed by atoms with Gasteiger partial charge < -0.3 is 5.32 Å². The Hall–Kier alpha value is -2.02. The summed E-state index contributed by atoms with van der Waals surface area (Å²) in [6, 6.07) is 12.9. The first-order valence-electron chi connectivity index (χ1n) is 7.84. The van der Waals surface area contributed by atoms with Crippen LogP contribution in [0.1, 0.15) is 12.5 Å². The number of aryl methyl sites for hydroxylation is 1. The van der Waals surface area contributed by atoms with Gasteiger partial charge >= 0.3 is 0 Å². The fraction of sp³-hybridized carbons (Fsp3) is 0.167. The molecule has 3 aromatic rings. The lowest BCUT2D eigenvalue weighted by Crippen LogP contribution is -2.22. The second-order valence-corrected chi connectivity index (χ2v) is 7.86. The van der Waals surface area contributed by atoms with E-state index in [0.717, 1.165) is 5.56 Å². The summed E-state index contributed by atoms with van der Waals surface area (Å²) in [5, 5.41) is 10.9. The molecule has 26 heavy (non-hydrogen) atoms. The number of aromatic amines is 1. The highest BCUT2D eigenvalue weighted by Crippen LogP contribution is 2.28. The monoisotopic (exact) mass is 406 g/mol. The van der Waals surface area contributed by atoms with Gasteiger partial charge in [-0.15, -0.1) is 5.10 Å². The number of benzene rings is 2. The summed E-state index contributed by atoms with van der Waals surface area (Å²) in [6.07, 6.45) is 0. The first-order chi connectivity index (χ1) is 12.4. The van der Waals surface area contributed by atoms with Gasteiger partial charge in [-0.1, -0.05) is 64.8 Å². The maximum atomic E-state index is 12.4. The van der Waals surface area contributed by atoms with Crippen molar-refractivity contribution in [3.63, 3.8) is 0 Å². The minimum atomic E-state index is -0.410. The minimum absolute atomic E-state index is 0.208. The van der Waals surface area contributed by atoms with E-state index < -0.39 is 5.25 Å². The van der Waals surface area contributed by atoms with Gasteiger partial charge in [0.1, 0.15) is 0 Å². The van der Waals surface area contributed by atoms with Crippen LogP contribution < -0.4 is 5.32 Å². The molecule has 0 saturated carbocycles. The van der Waals surface area contributed by atoms with Crippen molar-refractivity contribution >= 4 is 46.6 Å². The zero-order chi connectivity index (χ0) is 18.7. The molecule has 0 spiro atoms. The predicted octanol–water partition coefficient (Wildman–Crippen LogP) is 5.21. The van der Waals surface area contributed by atoms with Crippen LogP contribution in [0.3, 0.4) is 0 Å². The fourth-order valence-electron chi connectivity index (χ4n) is 2.18. The number of hydrogen-bond acceptors (Lipinski definition) is 4. The van der Waals surface area contributed by atoms with Gasteiger partial charge in [0, 0.05) is 10.6 Å². The molecule has 134 valence electrons. The highest BCUT2D eigenvalue weighted by atomic mass is 35.5. The second-order valence-electron chi connectivity index (χ2n) is 5.71. The molecule has 0 radical (unpaired) electrons. The molecular formula is C18H16Cl2N4OS. The minimum Gasteiger partial charge on any atom is -0.324 e. The molecule has 0 aliphatic carbocycles. The van der Waals surface area contributed by atoms with Crippen molar-refractivity contribution in [2.75, 3.05) is 5.32 Å². The van der Waals surface area contributed by atoms with Gasteiger partial charge in [-0.25, -0.2) is 4.98 Å². The fourth-order valence-corrected chi connectivity index (χ4v) is 3.24. The molecule has 1 atom stereocenters. The van der Waals surface area contributed by atoms with E-state index in [2.05, 4.69) is 20.5 Å². The van der Waals surface area contributed by atoms with E-state index >= 15 is 0 Å². The largest absolute Gasteiger partial charge is 0.324 e. The number of amides is 1. The Balaban J connectivity index is 1.66. The molecule has 0 fully saturated rings. The molecule has 3 rings (SSSR count). The van der Waals surface area contributed by atoms with E-state index in [4.69, 9.17) is 23.2 Å². The lowest BCUT2D eigenvalue weighted by Gasteiger charge is -2.11. The molecule has 1 heterocycles. The van der Waals surface area contributed by atoms with Gasteiger partial charge in [0.05, 0.1) is 16.0 Å². The first-order valence-corrected chi connectivity index (χ1v) is 9.48. The van der Waals surface area contributed by atoms with Gasteiger partial charge in [-0.3, -0.25) is 9.89 Å². The number of anilines is 1. The number of thioether (sulfide) groups is 1. The van der Waals surface area contributed by atoms with Crippen LogP contribution in [0.15, 0.2) is 47.6 Å². The molecule has 0 aliphatic heterocycles. The third-order valence-corrected chi connectivity index (χ3v) is 5.15. The van der Waals surface area contributed by atoms with E-state index in [1.165, 1.54) is 17.3 Å². The van der Waals surface area contributed by atoms with E-state index in [1.807, 2.05) is 31.2 Å². The molecule has 5 nitrogen and oxygen atoms in total. The predicted molar refractivity (Wildman–Crippen MR) is 107 cm³/mol. The van der Waals surface area contributed by atoms with Crippen molar-refractivity contribution < 1.29 is 4.79 Å². The summed E-state index contributed by atoms with van der Waals surface area (Å²) in [5.74, 6) is 0.457. The number of halogens is 2. The number of H-pyrrole nitrogens is 1. The Bertz CT molecular complexity index is 927. The molecule has 2 N–H and O–H groups in total. The number of hydrogen-bond donors (Lipinski definition) is 2. The normalized spacial score (nSPS) is 12.0.